The molecule has 0 saturated carbocycles. The van der Waals surface area contributed by atoms with E-state index in [-0.39, 0.29) is 41.5 Å². The summed E-state index contributed by atoms with van der Waals surface area (Å²) in [6.07, 6.45) is 1.73. The van der Waals surface area contributed by atoms with E-state index in [0.29, 0.717) is 31.9 Å². The minimum atomic E-state index is -0.286. The molecule has 2 aliphatic rings. The summed E-state index contributed by atoms with van der Waals surface area (Å²) < 4.78 is 1.24. The zero-order valence-corrected chi connectivity index (χ0v) is 16.8. The third kappa shape index (κ3) is 4.49. The largest absolute Gasteiger partial charge is 0.336 e. The molecule has 0 radical (unpaired) electrons. The Hall–Kier alpha value is -2.71. The molecular formula is C20H24ClN5O3. The van der Waals surface area contributed by atoms with E-state index in [9.17, 15) is 14.4 Å². The van der Waals surface area contributed by atoms with Crippen LogP contribution in [0.2, 0.25) is 0 Å². The minimum Gasteiger partial charge on any atom is -0.336 e. The summed E-state index contributed by atoms with van der Waals surface area (Å²) in [6, 6.07) is 11.9. The zero-order chi connectivity index (χ0) is 19.5. The second kappa shape index (κ2) is 9.19. The number of rotatable bonds is 3. The van der Waals surface area contributed by atoms with E-state index in [2.05, 4.69) is 10.4 Å². The van der Waals surface area contributed by atoms with Crippen LogP contribution in [-0.4, -0.2) is 70.2 Å². The van der Waals surface area contributed by atoms with Crippen LogP contribution >= 0.6 is 12.4 Å². The van der Waals surface area contributed by atoms with Gasteiger partial charge in [0, 0.05) is 38.3 Å². The summed E-state index contributed by atoms with van der Waals surface area (Å²) in [4.78, 5) is 41.0. The van der Waals surface area contributed by atoms with Crippen LogP contribution in [0.4, 0.5) is 0 Å². The number of piperazine rings is 1. The second-order valence-corrected chi connectivity index (χ2v) is 7.12. The van der Waals surface area contributed by atoms with E-state index in [0.717, 1.165) is 19.4 Å². The van der Waals surface area contributed by atoms with Gasteiger partial charge in [0.1, 0.15) is 5.69 Å². The van der Waals surface area contributed by atoms with Crippen LogP contribution < -0.4 is 10.9 Å². The van der Waals surface area contributed by atoms with Gasteiger partial charge in [0.15, 0.2) is 0 Å². The average molecular weight is 418 g/mol. The van der Waals surface area contributed by atoms with Gasteiger partial charge in [0.25, 0.3) is 11.5 Å². The van der Waals surface area contributed by atoms with E-state index >= 15 is 0 Å². The van der Waals surface area contributed by atoms with Crippen LogP contribution in [0.15, 0.2) is 47.3 Å². The summed E-state index contributed by atoms with van der Waals surface area (Å²) in [5.41, 5.74) is 0.562. The number of nitrogens with one attached hydrogen (secondary N) is 1. The smallest absolute Gasteiger partial charge is 0.274 e. The molecule has 2 aromatic rings. The molecule has 2 fully saturated rings. The summed E-state index contributed by atoms with van der Waals surface area (Å²) in [7, 11) is 0. The number of piperidine rings is 1. The van der Waals surface area contributed by atoms with Crippen molar-refractivity contribution in [3.05, 3.63) is 58.5 Å². The third-order valence-electron chi connectivity index (χ3n) is 5.27. The second-order valence-electron chi connectivity index (χ2n) is 7.12. The standard InChI is InChI=1S/C20H23N5O3.ClH/c26-18-9-8-17(22-25(18)15-5-2-1-3-6-15)20(28)23-11-4-7-16(14-23)24-12-10-21-13-19(24)27;/h1-3,5-6,8-9,16,21H,4,7,10-14H2;1H. The lowest BCUT2D eigenvalue weighted by atomic mass is 10.0. The van der Waals surface area contributed by atoms with Gasteiger partial charge in [-0.3, -0.25) is 14.4 Å². The van der Waals surface area contributed by atoms with Crippen LogP contribution in [-0.2, 0) is 4.79 Å². The highest BCUT2D eigenvalue weighted by Crippen LogP contribution is 2.18. The fourth-order valence-electron chi connectivity index (χ4n) is 3.84. The van der Waals surface area contributed by atoms with Crippen LogP contribution in [0, 0.1) is 0 Å². The fraction of sp³-hybridized carbons (Fsp3) is 0.400. The summed E-state index contributed by atoms with van der Waals surface area (Å²) in [6.45, 7) is 2.93. The number of para-hydroxylation sites is 1. The van der Waals surface area contributed by atoms with E-state index in [1.54, 1.807) is 17.0 Å². The number of likely N-dealkylation sites (tertiary alicyclic amines) is 1. The van der Waals surface area contributed by atoms with Crippen molar-refractivity contribution in [1.82, 2.24) is 24.9 Å². The molecule has 2 amide bonds. The van der Waals surface area contributed by atoms with Crippen LogP contribution in [0.5, 0.6) is 0 Å². The summed E-state index contributed by atoms with van der Waals surface area (Å²) >= 11 is 0. The molecule has 4 rings (SSSR count). The third-order valence-corrected chi connectivity index (χ3v) is 5.27. The number of halogens is 1. The molecule has 29 heavy (non-hydrogen) atoms. The first-order chi connectivity index (χ1) is 13.6. The average Bonchev–Trinajstić information content (AvgIpc) is 2.75. The van der Waals surface area contributed by atoms with Crippen LogP contribution in [0.25, 0.3) is 5.69 Å². The lowest BCUT2D eigenvalue weighted by Gasteiger charge is -2.41. The number of carbonyl (C=O) groups excluding carboxylic acids is 2. The van der Waals surface area contributed by atoms with Crippen molar-refractivity contribution < 1.29 is 9.59 Å². The highest BCUT2D eigenvalue weighted by Gasteiger charge is 2.32. The number of aromatic nitrogens is 2. The molecule has 1 N–H and O–H groups in total. The highest BCUT2D eigenvalue weighted by atomic mass is 35.5. The fourth-order valence-corrected chi connectivity index (χ4v) is 3.84. The van der Waals surface area contributed by atoms with Gasteiger partial charge in [0.2, 0.25) is 5.91 Å². The molecule has 1 aromatic carbocycles. The van der Waals surface area contributed by atoms with Gasteiger partial charge < -0.3 is 15.1 Å². The molecule has 1 unspecified atom stereocenters. The Balaban J connectivity index is 0.00000240. The molecular weight excluding hydrogens is 394 g/mol. The van der Waals surface area contributed by atoms with Crippen molar-refractivity contribution >= 4 is 24.2 Å². The zero-order valence-electron chi connectivity index (χ0n) is 16.0. The van der Waals surface area contributed by atoms with E-state index in [4.69, 9.17) is 0 Å². The normalized spacial score (nSPS) is 19.6. The van der Waals surface area contributed by atoms with Crippen molar-refractivity contribution in [2.24, 2.45) is 0 Å². The van der Waals surface area contributed by atoms with E-state index < -0.39 is 0 Å². The monoisotopic (exact) mass is 417 g/mol. The topological polar surface area (TPSA) is 87.5 Å². The first kappa shape index (κ1) is 21.0. The summed E-state index contributed by atoms with van der Waals surface area (Å²) in [5, 5.41) is 7.37. The van der Waals surface area contributed by atoms with Crippen LogP contribution in [0.1, 0.15) is 23.3 Å². The Morgan fingerprint density at radius 2 is 1.86 bits per heavy atom. The van der Waals surface area contributed by atoms with E-state index in [1.807, 2.05) is 23.1 Å². The van der Waals surface area contributed by atoms with Crippen LogP contribution in [0.3, 0.4) is 0 Å². The predicted octanol–water partition coefficient (Wildman–Crippen LogP) is 0.691. The molecule has 0 bridgehead atoms. The molecule has 0 aliphatic carbocycles. The first-order valence-corrected chi connectivity index (χ1v) is 9.59. The predicted molar refractivity (Wildman–Crippen MR) is 111 cm³/mol. The number of hydrogen-bond acceptors (Lipinski definition) is 5. The molecule has 2 saturated heterocycles. The number of amides is 2. The number of nitrogens with zero attached hydrogens (tertiary/aromatic N) is 4. The summed E-state index contributed by atoms with van der Waals surface area (Å²) in [5.74, 6) is -0.127. The van der Waals surface area contributed by atoms with Gasteiger partial charge in [-0.15, -0.1) is 12.4 Å². The molecule has 0 spiro atoms. The molecule has 2 aliphatic heterocycles. The maximum Gasteiger partial charge on any atom is 0.274 e. The Kier molecular flexibility index (Phi) is 6.66. The molecule has 1 atom stereocenters. The van der Waals surface area contributed by atoms with E-state index in [1.165, 1.54) is 16.8 Å². The van der Waals surface area contributed by atoms with Crippen molar-refractivity contribution in [2.75, 3.05) is 32.7 Å². The van der Waals surface area contributed by atoms with Gasteiger partial charge >= 0.3 is 0 Å². The Bertz CT molecular complexity index is 933. The number of benzene rings is 1. The molecule has 3 heterocycles. The van der Waals surface area contributed by atoms with Gasteiger partial charge in [0.05, 0.1) is 12.2 Å². The lowest BCUT2D eigenvalue weighted by molar-refractivity contribution is -0.135. The number of hydrogen-bond donors (Lipinski definition) is 1. The van der Waals surface area contributed by atoms with Crippen molar-refractivity contribution in [3.63, 3.8) is 0 Å². The van der Waals surface area contributed by atoms with Crippen molar-refractivity contribution in [1.29, 1.82) is 0 Å². The minimum absolute atomic E-state index is 0. The lowest BCUT2D eigenvalue weighted by Crippen LogP contribution is -2.57. The number of carbonyl (C=O) groups is 2. The Morgan fingerprint density at radius 1 is 1.07 bits per heavy atom. The Labute approximate surface area is 174 Å². The SMILES string of the molecule is Cl.O=C(c1ccc(=O)n(-c2ccccc2)n1)N1CCCC(N2CCNCC2=O)C1. The maximum atomic E-state index is 13.0. The maximum absolute atomic E-state index is 13.0. The first-order valence-electron chi connectivity index (χ1n) is 9.59. The van der Waals surface area contributed by atoms with Crippen molar-refractivity contribution in [2.45, 2.75) is 18.9 Å². The molecule has 8 nitrogen and oxygen atoms in total. The molecule has 9 heteroatoms. The molecule has 1 aromatic heterocycles. The molecule has 154 valence electrons. The van der Waals surface area contributed by atoms with Gasteiger partial charge in [-0.1, -0.05) is 18.2 Å². The van der Waals surface area contributed by atoms with Gasteiger partial charge in [-0.05, 0) is 31.0 Å². The van der Waals surface area contributed by atoms with Gasteiger partial charge in [-0.25, -0.2) is 0 Å². The van der Waals surface area contributed by atoms with Gasteiger partial charge in [-0.2, -0.15) is 9.78 Å². The highest BCUT2D eigenvalue weighted by molar-refractivity contribution is 5.92. The van der Waals surface area contributed by atoms with Crippen molar-refractivity contribution in [3.8, 4) is 5.69 Å². The Morgan fingerprint density at radius 3 is 2.62 bits per heavy atom. The quantitative estimate of drug-likeness (QED) is 0.794.